The summed E-state index contributed by atoms with van der Waals surface area (Å²) >= 11 is 0. The minimum absolute atomic E-state index is 0.132. The summed E-state index contributed by atoms with van der Waals surface area (Å²) in [6.07, 6.45) is -0.662. The van der Waals surface area contributed by atoms with Crippen LogP contribution in [0.25, 0.3) is 0 Å². The van der Waals surface area contributed by atoms with Gasteiger partial charge in [0.15, 0.2) is 0 Å². The Labute approximate surface area is 121 Å². The van der Waals surface area contributed by atoms with Crippen LogP contribution in [-0.4, -0.2) is 12.6 Å². The van der Waals surface area contributed by atoms with Gasteiger partial charge in [-0.2, -0.15) is 0 Å². The standard InChI is InChI=1S/C16H13FN2O2/c17-15-9-8-13(11-12(15)5-4-10-18)19-16(20)21-14-6-2-1-3-7-14/h1-3,6-9,11H,10,18H2,(H,19,20). The van der Waals surface area contributed by atoms with Crippen molar-refractivity contribution in [1.29, 1.82) is 0 Å². The Morgan fingerprint density at radius 3 is 2.71 bits per heavy atom. The second-order valence-electron chi connectivity index (χ2n) is 4.03. The largest absolute Gasteiger partial charge is 0.417 e. The van der Waals surface area contributed by atoms with Crippen LogP contribution < -0.4 is 15.8 Å². The molecule has 0 aromatic heterocycles. The molecular weight excluding hydrogens is 271 g/mol. The van der Waals surface area contributed by atoms with Crippen LogP contribution in [0.1, 0.15) is 5.56 Å². The molecule has 5 heteroatoms. The molecule has 0 aliphatic rings. The monoisotopic (exact) mass is 284 g/mol. The number of hydrogen-bond donors (Lipinski definition) is 2. The van der Waals surface area contributed by atoms with Gasteiger partial charge in [0.25, 0.3) is 0 Å². The summed E-state index contributed by atoms with van der Waals surface area (Å²) in [5, 5.41) is 2.51. The van der Waals surface area contributed by atoms with Gasteiger partial charge in [0, 0.05) is 5.69 Å². The highest BCUT2D eigenvalue weighted by atomic mass is 19.1. The van der Waals surface area contributed by atoms with Crippen LogP contribution in [0.3, 0.4) is 0 Å². The van der Waals surface area contributed by atoms with Crippen molar-refractivity contribution in [3.8, 4) is 17.6 Å². The number of anilines is 1. The quantitative estimate of drug-likeness (QED) is 0.833. The molecule has 1 amide bonds. The fraction of sp³-hybridized carbons (Fsp3) is 0.0625. The van der Waals surface area contributed by atoms with E-state index in [1.54, 1.807) is 24.3 Å². The molecule has 0 atom stereocenters. The van der Waals surface area contributed by atoms with E-state index < -0.39 is 11.9 Å². The van der Waals surface area contributed by atoms with Gasteiger partial charge >= 0.3 is 6.09 Å². The topological polar surface area (TPSA) is 64.3 Å². The van der Waals surface area contributed by atoms with Crippen molar-refractivity contribution < 1.29 is 13.9 Å². The molecule has 0 spiro atoms. The predicted octanol–water partition coefficient (Wildman–Crippen LogP) is 2.75. The SMILES string of the molecule is NCC#Cc1cc(NC(=O)Oc2ccccc2)ccc1F. The molecule has 0 fully saturated rings. The van der Waals surface area contributed by atoms with Gasteiger partial charge in [0.05, 0.1) is 12.1 Å². The van der Waals surface area contributed by atoms with Crippen molar-refractivity contribution in [1.82, 2.24) is 0 Å². The van der Waals surface area contributed by atoms with E-state index in [2.05, 4.69) is 17.2 Å². The summed E-state index contributed by atoms with van der Waals surface area (Å²) in [5.74, 6) is 5.10. The molecule has 21 heavy (non-hydrogen) atoms. The average Bonchev–Trinajstić information content (AvgIpc) is 2.48. The minimum Gasteiger partial charge on any atom is -0.410 e. The average molecular weight is 284 g/mol. The first-order chi connectivity index (χ1) is 10.2. The number of rotatable bonds is 2. The molecule has 0 unspecified atom stereocenters. The van der Waals surface area contributed by atoms with Crippen LogP contribution in [0.2, 0.25) is 0 Å². The summed E-state index contributed by atoms with van der Waals surface area (Å²) < 4.78 is 18.6. The third-order valence-corrected chi connectivity index (χ3v) is 2.49. The van der Waals surface area contributed by atoms with Gasteiger partial charge < -0.3 is 10.5 Å². The number of carbonyl (C=O) groups excluding carboxylic acids is 1. The molecular formula is C16H13FN2O2. The first kappa shape index (κ1) is 14.6. The van der Waals surface area contributed by atoms with Gasteiger partial charge in [-0.25, -0.2) is 9.18 Å². The number of nitrogens with one attached hydrogen (secondary N) is 1. The van der Waals surface area contributed by atoms with Gasteiger partial charge in [-0.1, -0.05) is 30.0 Å². The van der Waals surface area contributed by atoms with Crippen LogP contribution in [-0.2, 0) is 0 Å². The lowest BCUT2D eigenvalue weighted by molar-refractivity contribution is 0.215. The molecule has 0 heterocycles. The Kier molecular flexibility index (Phi) is 4.91. The summed E-state index contributed by atoms with van der Waals surface area (Å²) in [6.45, 7) is 0.132. The minimum atomic E-state index is -0.662. The van der Waals surface area contributed by atoms with Crippen LogP contribution in [0, 0.1) is 17.7 Å². The summed E-state index contributed by atoms with van der Waals surface area (Å²) in [6, 6.07) is 12.7. The van der Waals surface area contributed by atoms with Gasteiger partial charge in [-0.3, -0.25) is 5.32 Å². The van der Waals surface area contributed by atoms with Crippen LogP contribution in [0.4, 0.5) is 14.9 Å². The molecule has 2 aromatic carbocycles. The molecule has 0 saturated heterocycles. The Morgan fingerprint density at radius 1 is 1.24 bits per heavy atom. The zero-order valence-corrected chi connectivity index (χ0v) is 11.1. The molecule has 2 aromatic rings. The van der Waals surface area contributed by atoms with Crippen LogP contribution in [0.15, 0.2) is 48.5 Å². The molecule has 3 N–H and O–H groups in total. The third kappa shape index (κ3) is 4.34. The normalized spacial score (nSPS) is 9.43. The first-order valence-electron chi connectivity index (χ1n) is 6.21. The maximum absolute atomic E-state index is 13.5. The molecule has 0 saturated carbocycles. The van der Waals surface area contributed by atoms with E-state index in [-0.39, 0.29) is 12.1 Å². The molecule has 0 radical (unpaired) electrons. The second-order valence-corrected chi connectivity index (χ2v) is 4.03. The maximum Gasteiger partial charge on any atom is 0.417 e. The number of halogens is 1. The van der Waals surface area contributed by atoms with Crippen molar-refractivity contribution in [3.05, 3.63) is 59.9 Å². The highest BCUT2D eigenvalue weighted by Crippen LogP contribution is 2.15. The number of hydrogen-bond acceptors (Lipinski definition) is 3. The van der Waals surface area contributed by atoms with Gasteiger partial charge in [-0.15, -0.1) is 0 Å². The van der Waals surface area contributed by atoms with Crippen molar-refractivity contribution in [2.45, 2.75) is 0 Å². The van der Waals surface area contributed by atoms with E-state index in [0.717, 1.165) is 0 Å². The highest BCUT2D eigenvalue weighted by Gasteiger charge is 2.07. The molecule has 106 valence electrons. The number of ether oxygens (including phenoxy) is 1. The van der Waals surface area contributed by atoms with E-state index >= 15 is 0 Å². The zero-order chi connectivity index (χ0) is 15.1. The highest BCUT2D eigenvalue weighted by molar-refractivity contribution is 5.86. The lowest BCUT2D eigenvalue weighted by atomic mass is 10.2. The Hall–Kier alpha value is -2.84. The smallest absolute Gasteiger partial charge is 0.410 e. The molecule has 0 aliphatic heterocycles. The Bertz CT molecular complexity index is 690. The van der Waals surface area contributed by atoms with Crippen LogP contribution in [0.5, 0.6) is 5.75 Å². The van der Waals surface area contributed by atoms with Crippen molar-refractivity contribution in [3.63, 3.8) is 0 Å². The van der Waals surface area contributed by atoms with E-state index in [4.69, 9.17) is 10.5 Å². The molecule has 0 bridgehead atoms. The van der Waals surface area contributed by atoms with Gasteiger partial charge in [0.1, 0.15) is 11.6 Å². The van der Waals surface area contributed by atoms with E-state index in [1.807, 2.05) is 6.07 Å². The number of carbonyl (C=O) groups is 1. The van der Waals surface area contributed by atoms with Crippen molar-refractivity contribution >= 4 is 11.8 Å². The Morgan fingerprint density at radius 2 is 2.00 bits per heavy atom. The number of amides is 1. The second kappa shape index (κ2) is 7.08. The number of benzene rings is 2. The molecule has 0 aliphatic carbocycles. The van der Waals surface area contributed by atoms with Crippen LogP contribution >= 0.6 is 0 Å². The van der Waals surface area contributed by atoms with Gasteiger partial charge in [-0.05, 0) is 30.3 Å². The third-order valence-electron chi connectivity index (χ3n) is 2.49. The van der Waals surface area contributed by atoms with E-state index in [1.165, 1.54) is 18.2 Å². The van der Waals surface area contributed by atoms with Crippen molar-refractivity contribution in [2.75, 3.05) is 11.9 Å². The lowest BCUT2D eigenvalue weighted by Crippen LogP contribution is -2.16. The first-order valence-corrected chi connectivity index (χ1v) is 6.21. The fourth-order valence-electron chi connectivity index (χ4n) is 1.58. The molecule has 4 nitrogen and oxygen atoms in total. The predicted molar refractivity (Wildman–Crippen MR) is 78.4 cm³/mol. The van der Waals surface area contributed by atoms with E-state index in [9.17, 15) is 9.18 Å². The maximum atomic E-state index is 13.5. The number of nitrogens with two attached hydrogens (primary N) is 1. The van der Waals surface area contributed by atoms with Gasteiger partial charge in [0.2, 0.25) is 0 Å². The van der Waals surface area contributed by atoms with Crippen molar-refractivity contribution in [2.24, 2.45) is 5.73 Å². The lowest BCUT2D eigenvalue weighted by Gasteiger charge is -2.07. The Balaban J connectivity index is 2.07. The summed E-state index contributed by atoms with van der Waals surface area (Å²) in [4.78, 5) is 11.7. The molecule has 2 rings (SSSR count). The van der Waals surface area contributed by atoms with E-state index in [0.29, 0.717) is 11.4 Å². The number of para-hydroxylation sites is 1. The fourth-order valence-corrected chi connectivity index (χ4v) is 1.58. The zero-order valence-electron chi connectivity index (χ0n) is 11.1. The summed E-state index contributed by atoms with van der Waals surface area (Å²) in [7, 11) is 0. The summed E-state index contributed by atoms with van der Waals surface area (Å²) in [5.41, 5.74) is 5.80.